The van der Waals surface area contributed by atoms with E-state index in [1.165, 1.54) is 17.7 Å². The van der Waals surface area contributed by atoms with Crippen molar-refractivity contribution in [3.8, 4) is 22.4 Å². The summed E-state index contributed by atoms with van der Waals surface area (Å²) >= 11 is 0. The molecule has 0 amide bonds. The summed E-state index contributed by atoms with van der Waals surface area (Å²) < 4.78 is 15.2. The molecule has 0 saturated carbocycles. The normalized spacial score (nSPS) is 15.5. The van der Waals surface area contributed by atoms with Crippen LogP contribution in [0, 0.1) is 5.82 Å². The first-order chi connectivity index (χ1) is 15.1. The monoisotopic (exact) mass is 412 g/mol. The highest BCUT2D eigenvalue weighted by Gasteiger charge is 2.32. The van der Waals surface area contributed by atoms with E-state index in [4.69, 9.17) is 0 Å². The zero-order valence-electron chi connectivity index (χ0n) is 17.0. The molecule has 6 heteroatoms. The van der Waals surface area contributed by atoms with Crippen molar-refractivity contribution in [2.75, 3.05) is 6.54 Å². The van der Waals surface area contributed by atoms with Gasteiger partial charge in [0.15, 0.2) is 0 Å². The van der Waals surface area contributed by atoms with Crippen molar-refractivity contribution < 1.29 is 9.18 Å². The predicted molar refractivity (Wildman–Crippen MR) is 117 cm³/mol. The van der Waals surface area contributed by atoms with Crippen LogP contribution in [0.5, 0.6) is 0 Å². The number of nitrogens with one attached hydrogen (secondary N) is 1. The van der Waals surface area contributed by atoms with Gasteiger partial charge in [0.05, 0.1) is 6.04 Å². The Morgan fingerprint density at radius 1 is 1.03 bits per heavy atom. The van der Waals surface area contributed by atoms with Gasteiger partial charge < -0.3 is 5.32 Å². The van der Waals surface area contributed by atoms with Crippen LogP contribution in [0.1, 0.15) is 27.7 Å². The average Bonchev–Trinajstić information content (AvgIpc) is 3.16. The largest absolute Gasteiger partial charge is 0.303 e. The lowest BCUT2D eigenvalue weighted by atomic mass is 9.88. The molecule has 0 aliphatic carbocycles. The second-order valence-corrected chi connectivity index (χ2v) is 7.64. The number of rotatable bonds is 4. The number of pyridine rings is 1. The van der Waals surface area contributed by atoms with E-state index in [9.17, 15) is 9.18 Å². The molecule has 1 aliphatic rings. The smallest absolute Gasteiger partial charge is 0.202 e. The van der Waals surface area contributed by atoms with Gasteiger partial charge >= 0.3 is 0 Å². The molecule has 5 rings (SSSR count). The van der Waals surface area contributed by atoms with Crippen LogP contribution in [0.15, 0.2) is 73.1 Å². The number of hydrogen-bond acceptors (Lipinski definition) is 4. The van der Waals surface area contributed by atoms with Crippen LogP contribution < -0.4 is 5.32 Å². The molecule has 2 aromatic heterocycles. The maximum absolute atomic E-state index is 13.9. The third-order valence-electron chi connectivity index (χ3n) is 5.74. The Labute approximate surface area is 179 Å². The van der Waals surface area contributed by atoms with Crippen LogP contribution in [-0.2, 0) is 13.5 Å². The maximum Gasteiger partial charge on any atom is 0.202 e. The van der Waals surface area contributed by atoms with Gasteiger partial charge in [-0.05, 0) is 59.5 Å². The Bertz CT molecular complexity index is 1250. The summed E-state index contributed by atoms with van der Waals surface area (Å²) in [7, 11) is 1.78. The highest BCUT2D eigenvalue weighted by Crippen LogP contribution is 2.37. The number of benzene rings is 2. The van der Waals surface area contributed by atoms with E-state index in [1.54, 1.807) is 36.3 Å². The van der Waals surface area contributed by atoms with Gasteiger partial charge in [0.2, 0.25) is 5.78 Å². The molecule has 4 aromatic rings. The molecular weight excluding hydrogens is 391 g/mol. The molecule has 2 aromatic carbocycles. The zero-order chi connectivity index (χ0) is 21.4. The fourth-order valence-corrected chi connectivity index (χ4v) is 4.28. The third-order valence-corrected chi connectivity index (χ3v) is 5.74. The molecule has 0 fully saturated rings. The number of halogens is 1. The molecule has 0 saturated heterocycles. The number of carbonyl (C=O) groups excluding carboxylic acids is 1. The van der Waals surface area contributed by atoms with E-state index < -0.39 is 6.04 Å². The van der Waals surface area contributed by atoms with Gasteiger partial charge in [-0.15, -0.1) is 0 Å². The highest BCUT2D eigenvalue weighted by atomic mass is 19.1. The van der Waals surface area contributed by atoms with Crippen molar-refractivity contribution in [1.82, 2.24) is 20.1 Å². The Morgan fingerprint density at radius 2 is 1.77 bits per heavy atom. The predicted octanol–water partition coefficient (Wildman–Crippen LogP) is 4.36. The van der Waals surface area contributed by atoms with Gasteiger partial charge in [0.1, 0.15) is 17.2 Å². The van der Waals surface area contributed by atoms with Gasteiger partial charge in [-0.3, -0.25) is 14.5 Å². The van der Waals surface area contributed by atoms with E-state index in [-0.39, 0.29) is 11.6 Å². The number of nitrogens with zero attached hydrogens (tertiary/aromatic N) is 3. The minimum Gasteiger partial charge on any atom is -0.303 e. The van der Waals surface area contributed by atoms with Crippen LogP contribution in [0.3, 0.4) is 0 Å². The third kappa shape index (κ3) is 3.45. The van der Waals surface area contributed by atoms with Crippen molar-refractivity contribution in [2.45, 2.75) is 12.5 Å². The van der Waals surface area contributed by atoms with E-state index in [1.807, 2.05) is 30.3 Å². The number of aryl methyl sites for hydroxylation is 1. The van der Waals surface area contributed by atoms with Crippen molar-refractivity contribution in [2.24, 2.45) is 7.05 Å². The number of ketones is 1. The molecule has 3 heterocycles. The Hall–Kier alpha value is -3.64. The molecular formula is C25H21FN4O. The standard InChI is InChI=1S/C25H21FN4O/c1-30-24(25(31)23-20-5-3-2-4-16(20)12-15-28-23)21(17-10-13-27-14-11-17)22(29-30)18-6-8-19(26)9-7-18/h2-11,13-14,23,28H,12,15H2,1H3. The SMILES string of the molecule is Cn1nc(-c2ccc(F)cc2)c(-c2ccncc2)c1C(=O)C1NCCc2ccccc21. The first-order valence-corrected chi connectivity index (χ1v) is 10.2. The highest BCUT2D eigenvalue weighted by molar-refractivity contribution is 6.07. The van der Waals surface area contributed by atoms with Gasteiger partial charge in [-0.2, -0.15) is 5.10 Å². The molecule has 1 N–H and O–H groups in total. The van der Waals surface area contributed by atoms with Gasteiger partial charge in [0, 0.05) is 37.1 Å². The van der Waals surface area contributed by atoms with E-state index in [0.29, 0.717) is 11.4 Å². The summed E-state index contributed by atoms with van der Waals surface area (Å²) in [6.45, 7) is 0.737. The minimum absolute atomic E-state index is 0.0395. The van der Waals surface area contributed by atoms with E-state index in [2.05, 4.69) is 21.5 Å². The summed E-state index contributed by atoms with van der Waals surface area (Å²) in [5, 5.41) is 8.07. The lowest BCUT2D eigenvalue weighted by molar-refractivity contribution is 0.0930. The summed E-state index contributed by atoms with van der Waals surface area (Å²) in [5.74, 6) is -0.355. The summed E-state index contributed by atoms with van der Waals surface area (Å²) in [6, 6.07) is 17.5. The van der Waals surface area contributed by atoms with Gasteiger partial charge in [0.25, 0.3) is 0 Å². The molecule has 1 aliphatic heterocycles. The second-order valence-electron chi connectivity index (χ2n) is 7.64. The molecule has 0 spiro atoms. The van der Waals surface area contributed by atoms with Crippen LogP contribution in [0.2, 0.25) is 0 Å². The first kappa shape index (κ1) is 19.3. The number of fused-ring (bicyclic) bond motifs is 1. The van der Waals surface area contributed by atoms with Crippen LogP contribution >= 0.6 is 0 Å². The first-order valence-electron chi connectivity index (χ1n) is 10.2. The topological polar surface area (TPSA) is 59.8 Å². The zero-order valence-corrected chi connectivity index (χ0v) is 17.0. The Kier molecular flexibility index (Phi) is 4.92. The second kappa shape index (κ2) is 7.89. The number of carbonyl (C=O) groups is 1. The number of Topliss-reactive ketones (excluding diaryl/α,β-unsaturated/α-hetero) is 1. The fourth-order valence-electron chi connectivity index (χ4n) is 4.28. The van der Waals surface area contributed by atoms with Gasteiger partial charge in [-0.25, -0.2) is 4.39 Å². The number of aromatic nitrogens is 3. The molecule has 31 heavy (non-hydrogen) atoms. The van der Waals surface area contributed by atoms with Crippen molar-refractivity contribution in [3.63, 3.8) is 0 Å². The van der Waals surface area contributed by atoms with Crippen molar-refractivity contribution in [1.29, 1.82) is 0 Å². The molecule has 154 valence electrons. The molecule has 0 radical (unpaired) electrons. The van der Waals surface area contributed by atoms with Crippen molar-refractivity contribution >= 4 is 5.78 Å². The maximum atomic E-state index is 13.9. The average molecular weight is 412 g/mol. The van der Waals surface area contributed by atoms with Crippen molar-refractivity contribution in [3.05, 3.63) is 95.7 Å². The summed E-state index contributed by atoms with van der Waals surface area (Å²) in [5.41, 5.74) is 5.66. The molecule has 0 bridgehead atoms. The van der Waals surface area contributed by atoms with Crippen LogP contribution in [-0.4, -0.2) is 27.1 Å². The number of hydrogen-bond donors (Lipinski definition) is 1. The van der Waals surface area contributed by atoms with Gasteiger partial charge in [-0.1, -0.05) is 24.3 Å². The Balaban J connectivity index is 1.69. The lowest BCUT2D eigenvalue weighted by Gasteiger charge is -2.26. The quantitative estimate of drug-likeness (QED) is 0.506. The molecule has 5 nitrogen and oxygen atoms in total. The molecule has 1 atom stereocenters. The lowest BCUT2D eigenvalue weighted by Crippen LogP contribution is -2.36. The summed E-state index contributed by atoms with van der Waals surface area (Å²) in [4.78, 5) is 18.0. The van der Waals surface area contributed by atoms with Crippen LogP contribution in [0.4, 0.5) is 4.39 Å². The summed E-state index contributed by atoms with van der Waals surface area (Å²) in [6.07, 6.45) is 4.28. The Morgan fingerprint density at radius 3 is 2.55 bits per heavy atom. The van der Waals surface area contributed by atoms with E-state index >= 15 is 0 Å². The molecule has 1 unspecified atom stereocenters. The van der Waals surface area contributed by atoms with Crippen LogP contribution in [0.25, 0.3) is 22.4 Å². The fraction of sp³-hybridized carbons (Fsp3) is 0.160. The minimum atomic E-state index is -0.443. The van der Waals surface area contributed by atoms with E-state index in [0.717, 1.165) is 35.2 Å².